The number of hydrogen-bond donors (Lipinski definition) is 1. The fourth-order valence-electron chi connectivity index (χ4n) is 4.11. The first-order valence-electron chi connectivity index (χ1n) is 9.20. The van der Waals surface area contributed by atoms with E-state index in [0.29, 0.717) is 25.7 Å². The summed E-state index contributed by atoms with van der Waals surface area (Å²) in [4.78, 5) is 0. The number of benzene rings is 1. The first-order valence-corrected chi connectivity index (χ1v) is 9.20. The molecule has 6 heteroatoms. The minimum Gasteiger partial charge on any atom is -0.381 e. The summed E-state index contributed by atoms with van der Waals surface area (Å²) in [5.74, 6) is 0.262. The van der Waals surface area contributed by atoms with Crippen molar-refractivity contribution in [2.24, 2.45) is 0 Å². The van der Waals surface area contributed by atoms with E-state index in [1.54, 1.807) is 12.1 Å². The van der Waals surface area contributed by atoms with Crippen LogP contribution in [0.3, 0.4) is 0 Å². The van der Waals surface area contributed by atoms with Crippen molar-refractivity contribution >= 4 is 0 Å². The van der Waals surface area contributed by atoms with Crippen LogP contribution in [-0.4, -0.2) is 41.3 Å². The summed E-state index contributed by atoms with van der Waals surface area (Å²) in [5.41, 5.74) is 1.96. The van der Waals surface area contributed by atoms with E-state index in [-0.39, 0.29) is 11.2 Å². The highest BCUT2D eigenvalue weighted by Crippen LogP contribution is 2.37. The van der Waals surface area contributed by atoms with Crippen LogP contribution in [0.15, 0.2) is 30.5 Å². The molecule has 3 heterocycles. The van der Waals surface area contributed by atoms with E-state index in [1.807, 2.05) is 10.7 Å². The van der Waals surface area contributed by atoms with Gasteiger partial charge in [0.05, 0.1) is 12.2 Å². The molecule has 1 atom stereocenters. The van der Waals surface area contributed by atoms with Crippen LogP contribution >= 0.6 is 0 Å². The molecule has 2 fully saturated rings. The number of nitrogens with zero attached hydrogens (tertiary/aromatic N) is 3. The maximum absolute atomic E-state index is 13.8. The van der Waals surface area contributed by atoms with Crippen LogP contribution < -0.4 is 5.32 Å². The second-order valence-electron chi connectivity index (χ2n) is 7.29. The van der Waals surface area contributed by atoms with E-state index in [2.05, 4.69) is 21.8 Å². The highest BCUT2D eigenvalue weighted by Gasteiger charge is 2.36. The van der Waals surface area contributed by atoms with Crippen LogP contribution in [0.1, 0.15) is 42.9 Å². The number of rotatable bonds is 4. The number of piperidine rings is 1. The predicted molar refractivity (Wildman–Crippen MR) is 93.0 cm³/mol. The van der Waals surface area contributed by atoms with Gasteiger partial charge >= 0.3 is 0 Å². The third-order valence-electron chi connectivity index (χ3n) is 5.62. The first-order chi connectivity index (χ1) is 12.3. The lowest BCUT2D eigenvalue weighted by Gasteiger charge is -2.37. The molecule has 1 aromatic carbocycles. The van der Waals surface area contributed by atoms with Gasteiger partial charge in [-0.2, -0.15) is 0 Å². The molecular weight excluding hydrogens is 319 g/mol. The van der Waals surface area contributed by atoms with Crippen LogP contribution in [0.4, 0.5) is 4.39 Å². The lowest BCUT2D eigenvalue weighted by Crippen LogP contribution is -2.38. The number of hydrogen-bond acceptors (Lipinski definition) is 4. The molecule has 1 N–H and O–H groups in total. The summed E-state index contributed by atoms with van der Waals surface area (Å²) < 4.78 is 21.3. The Morgan fingerprint density at radius 2 is 2.20 bits per heavy atom. The quantitative estimate of drug-likeness (QED) is 0.926. The Morgan fingerprint density at radius 3 is 2.96 bits per heavy atom. The zero-order chi connectivity index (χ0) is 17.1. The molecule has 1 aromatic heterocycles. The normalized spacial score (nSPS) is 23.5. The molecule has 25 heavy (non-hydrogen) atoms. The maximum atomic E-state index is 13.8. The highest BCUT2D eigenvalue weighted by atomic mass is 19.1. The van der Waals surface area contributed by atoms with Crippen molar-refractivity contribution in [3.8, 4) is 0 Å². The van der Waals surface area contributed by atoms with Crippen LogP contribution in [0, 0.1) is 5.82 Å². The Balaban J connectivity index is 1.58. The summed E-state index contributed by atoms with van der Waals surface area (Å²) in [6, 6.07) is 6.98. The molecule has 0 bridgehead atoms. The fourth-order valence-corrected chi connectivity index (χ4v) is 4.11. The van der Waals surface area contributed by atoms with Gasteiger partial charge in [0.1, 0.15) is 5.82 Å². The maximum Gasteiger partial charge on any atom is 0.123 e. The van der Waals surface area contributed by atoms with Gasteiger partial charge in [-0.15, -0.1) is 5.10 Å². The molecule has 134 valence electrons. The van der Waals surface area contributed by atoms with E-state index in [1.165, 1.54) is 12.5 Å². The zero-order valence-corrected chi connectivity index (χ0v) is 14.5. The lowest BCUT2D eigenvalue weighted by molar-refractivity contribution is 0.0418. The smallest absolute Gasteiger partial charge is 0.123 e. The van der Waals surface area contributed by atoms with Gasteiger partial charge in [-0.1, -0.05) is 17.3 Å². The standard InChI is InChI=1S/C19H25FN4O/c20-17-5-1-4-16(11-17)19(6-9-25-10-7-19)14-24-13-18(22-23-24)15-3-2-8-21-12-15/h1,4-5,11,13,15,21H,2-3,6-10,12,14H2/t15-/m0/s1. The lowest BCUT2D eigenvalue weighted by atomic mass is 9.74. The van der Waals surface area contributed by atoms with Crippen molar-refractivity contribution in [1.82, 2.24) is 20.3 Å². The van der Waals surface area contributed by atoms with Crippen molar-refractivity contribution in [3.63, 3.8) is 0 Å². The van der Waals surface area contributed by atoms with Crippen molar-refractivity contribution in [3.05, 3.63) is 47.5 Å². The van der Waals surface area contributed by atoms with Gasteiger partial charge in [0.25, 0.3) is 0 Å². The number of ether oxygens (including phenoxy) is 1. The van der Waals surface area contributed by atoms with Gasteiger partial charge in [-0.25, -0.2) is 4.39 Å². The average molecular weight is 344 g/mol. The van der Waals surface area contributed by atoms with Gasteiger partial charge in [-0.3, -0.25) is 4.68 Å². The summed E-state index contributed by atoms with van der Waals surface area (Å²) in [6.07, 6.45) is 6.16. The summed E-state index contributed by atoms with van der Waals surface area (Å²) in [6.45, 7) is 4.18. The van der Waals surface area contributed by atoms with Gasteiger partial charge in [0, 0.05) is 37.3 Å². The zero-order valence-electron chi connectivity index (χ0n) is 14.5. The predicted octanol–water partition coefficient (Wildman–Crippen LogP) is 2.63. The molecule has 5 nitrogen and oxygen atoms in total. The highest BCUT2D eigenvalue weighted by molar-refractivity contribution is 5.27. The van der Waals surface area contributed by atoms with Crippen LogP contribution in [0.25, 0.3) is 0 Å². The SMILES string of the molecule is Fc1cccc(C2(Cn3cc([C@H]4CCCNC4)nn3)CCOCC2)c1. The average Bonchev–Trinajstić information content (AvgIpc) is 3.11. The minimum absolute atomic E-state index is 0.143. The molecular formula is C19H25FN4O. The molecule has 2 aliphatic heterocycles. The summed E-state index contributed by atoms with van der Waals surface area (Å²) >= 11 is 0. The Labute approximate surface area is 147 Å². The summed E-state index contributed by atoms with van der Waals surface area (Å²) in [5, 5.41) is 12.2. The minimum atomic E-state index is -0.184. The molecule has 0 amide bonds. The molecule has 0 radical (unpaired) electrons. The molecule has 2 aromatic rings. The fraction of sp³-hybridized carbons (Fsp3) is 0.579. The van der Waals surface area contributed by atoms with Gasteiger partial charge in [-0.05, 0) is 49.9 Å². The van der Waals surface area contributed by atoms with Gasteiger partial charge in [0.2, 0.25) is 0 Å². The summed E-state index contributed by atoms with van der Waals surface area (Å²) in [7, 11) is 0. The van der Waals surface area contributed by atoms with E-state index < -0.39 is 0 Å². The number of nitrogens with one attached hydrogen (secondary N) is 1. The second-order valence-corrected chi connectivity index (χ2v) is 7.29. The monoisotopic (exact) mass is 344 g/mol. The van der Waals surface area contributed by atoms with E-state index in [9.17, 15) is 4.39 Å². The Hall–Kier alpha value is -1.79. The molecule has 0 aliphatic carbocycles. The number of aromatic nitrogens is 3. The van der Waals surface area contributed by atoms with Gasteiger partial charge in [0.15, 0.2) is 0 Å². The van der Waals surface area contributed by atoms with E-state index in [4.69, 9.17) is 4.74 Å². The van der Waals surface area contributed by atoms with Crippen molar-refractivity contribution in [1.29, 1.82) is 0 Å². The Bertz CT molecular complexity index is 705. The van der Waals surface area contributed by atoms with Gasteiger partial charge < -0.3 is 10.1 Å². The molecule has 4 rings (SSSR count). The second kappa shape index (κ2) is 7.22. The molecule has 2 saturated heterocycles. The third-order valence-corrected chi connectivity index (χ3v) is 5.62. The molecule has 0 unspecified atom stereocenters. The third kappa shape index (κ3) is 3.60. The van der Waals surface area contributed by atoms with Crippen molar-refractivity contribution in [2.75, 3.05) is 26.3 Å². The number of halogens is 1. The molecule has 0 spiro atoms. The van der Waals surface area contributed by atoms with Crippen LogP contribution in [0.5, 0.6) is 0 Å². The van der Waals surface area contributed by atoms with Crippen molar-refractivity contribution < 1.29 is 9.13 Å². The topological polar surface area (TPSA) is 52.0 Å². The van der Waals surface area contributed by atoms with E-state index >= 15 is 0 Å². The van der Waals surface area contributed by atoms with Crippen LogP contribution in [0.2, 0.25) is 0 Å². The largest absolute Gasteiger partial charge is 0.381 e. The molecule has 0 saturated carbocycles. The van der Waals surface area contributed by atoms with Crippen LogP contribution in [-0.2, 0) is 16.7 Å². The van der Waals surface area contributed by atoms with Crippen molar-refractivity contribution in [2.45, 2.75) is 43.6 Å². The first kappa shape index (κ1) is 16.7. The Morgan fingerprint density at radius 1 is 1.32 bits per heavy atom. The molecule has 2 aliphatic rings. The van der Waals surface area contributed by atoms with E-state index in [0.717, 1.165) is 43.6 Å². The Kier molecular flexibility index (Phi) is 4.81.